The summed E-state index contributed by atoms with van der Waals surface area (Å²) in [7, 11) is 1.35. The summed E-state index contributed by atoms with van der Waals surface area (Å²) in [6, 6.07) is 11.8. The minimum atomic E-state index is -0.406. The second-order valence-corrected chi connectivity index (χ2v) is 6.70. The van der Waals surface area contributed by atoms with E-state index < -0.39 is 5.97 Å². The number of benzene rings is 1. The topological polar surface area (TPSA) is 93.7 Å². The van der Waals surface area contributed by atoms with E-state index in [1.165, 1.54) is 12.7 Å². The summed E-state index contributed by atoms with van der Waals surface area (Å²) in [4.78, 5) is 16.4. The number of hydrogen-bond acceptors (Lipinski definition) is 5. The second kappa shape index (κ2) is 10.3. The van der Waals surface area contributed by atoms with Gasteiger partial charge >= 0.3 is 5.97 Å². The van der Waals surface area contributed by atoms with Crippen molar-refractivity contribution < 1.29 is 13.9 Å². The SMILES string of the molecule is CCNC(=NCc1ccccc1Cn1cccn1)NCc1cc(C(=O)OC)c(C)o1. The van der Waals surface area contributed by atoms with Crippen LogP contribution in [0.3, 0.4) is 0 Å². The Morgan fingerprint density at radius 1 is 1.23 bits per heavy atom. The van der Waals surface area contributed by atoms with Gasteiger partial charge in [0.25, 0.3) is 0 Å². The van der Waals surface area contributed by atoms with Crippen LogP contribution in [-0.2, 0) is 24.4 Å². The highest BCUT2D eigenvalue weighted by Crippen LogP contribution is 2.15. The number of aromatic nitrogens is 2. The Hall–Kier alpha value is -3.55. The molecule has 158 valence electrons. The minimum Gasteiger partial charge on any atom is -0.465 e. The van der Waals surface area contributed by atoms with Crippen LogP contribution in [0.5, 0.6) is 0 Å². The lowest BCUT2D eigenvalue weighted by Gasteiger charge is -2.12. The maximum absolute atomic E-state index is 11.7. The number of carbonyl (C=O) groups is 1. The summed E-state index contributed by atoms with van der Waals surface area (Å²) in [5.41, 5.74) is 2.74. The number of carbonyl (C=O) groups excluding carboxylic acids is 1. The Kier molecular flexibility index (Phi) is 7.26. The molecule has 8 nitrogen and oxygen atoms in total. The Morgan fingerprint density at radius 2 is 2.03 bits per heavy atom. The molecule has 2 aromatic heterocycles. The van der Waals surface area contributed by atoms with Crippen molar-refractivity contribution in [2.75, 3.05) is 13.7 Å². The summed E-state index contributed by atoms with van der Waals surface area (Å²) >= 11 is 0. The number of guanidine groups is 1. The Labute approximate surface area is 176 Å². The largest absolute Gasteiger partial charge is 0.465 e. The molecule has 30 heavy (non-hydrogen) atoms. The van der Waals surface area contributed by atoms with Crippen LogP contribution in [-0.4, -0.2) is 35.4 Å². The van der Waals surface area contributed by atoms with E-state index in [1.807, 2.05) is 36.0 Å². The Bertz CT molecular complexity index is 992. The Balaban J connectivity index is 1.67. The monoisotopic (exact) mass is 409 g/mol. The normalized spacial score (nSPS) is 11.4. The van der Waals surface area contributed by atoms with Crippen LogP contribution in [0.2, 0.25) is 0 Å². The fraction of sp³-hybridized carbons (Fsp3) is 0.318. The van der Waals surface area contributed by atoms with Gasteiger partial charge in [-0.15, -0.1) is 0 Å². The third-order valence-electron chi connectivity index (χ3n) is 4.57. The molecule has 2 heterocycles. The minimum absolute atomic E-state index is 0.401. The van der Waals surface area contributed by atoms with Gasteiger partial charge in [-0.1, -0.05) is 24.3 Å². The van der Waals surface area contributed by atoms with Crippen LogP contribution < -0.4 is 10.6 Å². The van der Waals surface area contributed by atoms with Crippen molar-refractivity contribution in [3.8, 4) is 0 Å². The molecule has 0 aliphatic rings. The van der Waals surface area contributed by atoms with E-state index in [2.05, 4.69) is 27.9 Å². The van der Waals surface area contributed by atoms with Crippen molar-refractivity contribution in [3.05, 3.63) is 77.0 Å². The van der Waals surface area contributed by atoms with Gasteiger partial charge in [0.2, 0.25) is 0 Å². The predicted molar refractivity (Wildman–Crippen MR) is 114 cm³/mol. The zero-order valence-corrected chi connectivity index (χ0v) is 17.5. The summed E-state index contributed by atoms with van der Waals surface area (Å²) in [5.74, 6) is 1.43. The smallest absolute Gasteiger partial charge is 0.341 e. The van der Waals surface area contributed by atoms with Gasteiger partial charge in [0.05, 0.1) is 26.7 Å². The van der Waals surface area contributed by atoms with Gasteiger partial charge in [-0.3, -0.25) is 4.68 Å². The van der Waals surface area contributed by atoms with Gasteiger partial charge in [0.15, 0.2) is 5.96 Å². The first-order valence-corrected chi connectivity index (χ1v) is 9.84. The molecule has 3 rings (SSSR count). The molecule has 0 aliphatic carbocycles. The van der Waals surface area contributed by atoms with Crippen LogP contribution in [0.1, 0.15) is 39.9 Å². The van der Waals surface area contributed by atoms with Gasteiger partial charge in [0.1, 0.15) is 17.1 Å². The summed E-state index contributed by atoms with van der Waals surface area (Å²) in [6.07, 6.45) is 3.72. The van der Waals surface area contributed by atoms with Gasteiger partial charge in [-0.2, -0.15) is 5.10 Å². The molecule has 0 radical (unpaired) electrons. The van der Waals surface area contributed by atoms with E-state index in [0.717, 1.165) is 12.1 Å². The van der Waals surface area contributed by atoms with Crippen molar-refractivity contribution in [2.24, 2.45) is 4.99 Å². The number of esters is 1. The molecule has 0 saturated carbocycles. The predicted octanol–water partition coefficient (Wildman–Crippen LogP) is 2.87. The summed E-state index contributed by atoms with van der Waals surface area (Å²) in [5, 5.41) is 10.8. The van der Waals surface area contributed by atoms with Crippen LogP contribution in [0.15, 0.2) is 58.2 Å². The van der Waals surface area contributed by atoms with Crippen LogP contribution in [0.25, 0.3) is 0 Å². The average Bonchev–Trinajstić information content (AvgIpc) is 3.40. The molecule has 0 fully saturated rings. The number of methoxy groups -OCH3 is 1. The Morgan fingerprint density at radius 3 is 2.73 bits per heavy atom. The first-order valence-electron chi connectivity index (χ1n) is 9.84. The molecule has 3 aromatic rings. The van der Waals surface area contributed by atoms with E-state index in [-0.39, 0.29) is 0 Å². The third kappa shape index (κ3) is 5.50. The molecule has 1 aromatic carbocycles. The zero-order valence-electron chi connectivity index (χ0n) is 17.5. The quantitative estimate of drug-likeness (QED) is 0.338. The lowest BCUT2D eigenvalue weighted by atomic mass is 10.1. The zero-order chi connectivity index (χ0) is 21.3. The molecular formula is C22H27N5O3. The highest BCUT2D eigenvalue weighted by Gasteiger charge is 2.15. The first kappa shape index (κ1) is 21.2. The third-order valence-corrected chi connectivity index (χ3v) is 4.57. The number of aryl methyl sites for hydroxylation is 1. The molecule has 0 spiro atoms. The van der Waals surface area contributed by atoms with Crippen molar-refractivity contribution in [1.82, 2.24) is 20.4 Å². The molecule has 2 N–H and O–H groups in total. The summed E-state index contributed by atoms with van der Waals surface area (Å²) < 4.78 is 12.3. The van der Waals surface area contributed by atoms with Crippen molar-refractivity contribution in [3.63, 3.8) is 0 Å². The van der Waals surface area contributed by atoms with Gasteiger partial charge in [-0.05, 0) is 37.1 Å². The van der Waals surface area contributed by atoms with Crippen LogP contribution in [0.4, 0.5) is 0 Å². The fourth-order valence-corrected chi connectivity index (χ4v) is 3.05. The molecule has 0 unspecified atom stereocenters. The maximum atomic E-state index is 11.7. The highest BCUT2D eigenvalue weighted by atomic mass is 16.5. The lowest BCUT2D eigenvalue weighted by molar-refractivity contribution is 0.0599. The van der Waals surface area contributed by atoms with Gasteiger partial charge in [-0.25, -0.2) is 9.79 Å². The van der Waals surface area contributed by atoms with E-state index in [9.17, 15) is 4.79 Å². The van der Waals surface area contributed by atoms with Crippen molar-refractivity contribution in [1.29, 1.82) is 0 Å². The van der Waals surface area contributed by atoms with Crippen LogP contribution >= 0.6 is 0 Å². The van der Waals surface area contributed by atoms with Gasteiger partial charge < -0.3 is 19.8 Å². The molecule has 0 aliphatic heterocycles. The molecule has 8 heteroatoms. The number of nitrogens with one attached hydrogen (secondary N) is 2. The number of furan rings is 1. The fourth-order valence-electron chi connectivity index (χ4n) is 3.05. The second-order valence-electron chi connectivity index (χ2n) is 6.70. The van der Waals surface area contributed by atoms with Gasteiger partial charge in [0, 0.05) is 18.9 Å². The number of rotatable bonds is 8. The number of aliphatic imine (C=N–C) groups is 1. The van der Waals surface area contributed by atoms with E-state index >= 15 is 0 Å². The number of ether oxygens (including phenoxy) is 1. The van der Waals surface area contributed by atoms with E-state index in [1.54, 1.807) is 19.2 Å². The molecule has 0 bridgehead atoms. The van der Waals surface area contributed by atoms with Crippen molar-refractivity contribution in [2.45, 2.75) is 33.5 Å². The maximum Gasteiger partial charge on any atom is 0.341 e. The number of hydrogen-bond donors (Lipinski definition) is 2. The van der Waals surface area contributed by atoms with Crippen molar-refractivity contribution >= 4 is 11.9 Å². The molecular weight excluding hydrogens is 382 g/mol. The first-order chi connectivity index (χ1) is 14.6. The highest BCUT2D eigenvalue weighted by molar-refractivity contribution is 5.90. The molecule has 0 atom stereocenters. The average molecular weight is 409 g/mol. The van der Waals surface area contributed by atoms with E-state index in [4.69, 9.17) is 14.1 Å². The van der Waals surface area contributed by atoms with E-state index in [0.29, 0.717) is 42.7 Å². The molecule has 0 amide bonds. The molecule has 0 saturated heterocycles. The number of nitrogens with zero attached hydrogens (tertiary/aromatic N) is 3. The van der Waals surface area contributed by atoms with Crippen LogP contribution in [0, 0.1) is 6.92 Å². The lowest BCUT2D eigenvalue weighted by Crippen LogP contribution is -2.36. The standard InChI is InChI=1S/C22H27N5O3/c1-4-23-22(25-14-19-12-20(16(2)30-19)21(28)29-3)24-13-17-8-5-6-9-18(17)15-27-11-7-10-26-27/h5-12H,4,13-15H2,1-3H3,(H2,23,24,25). The summed E-state index contributed by atoms with van der Waals surface area (Å²) in [6.45, 7) is 6.10.